The zero-order chi connectivity index (χ0) is 3.41. The van der Waals surface area contributed by atoms with Crippen molar-refractivity contribution in [2.45, 2.75) is 0 Å². The third-order valence-corrected chi connectivity index (χ3v) is 0.354. The van der Waals surface area contributed by atoms with Gasteiger partial charge in [-0.15, -0.1) is 12.7 Å². The molecule has 0 amide bonds. The molecule has 0 aliphatic heterocycles. The number of rotatable bonds is 1. The van der Waals surface area contributed by atoms with Crippen LogP contribution in [0.3, 0.4) is 0 Å². The van der Waals surface area contributed by atoms with E-state index in [0.29, 0.717) is 5.75 Å². The summed E-state index contributed by atoms with van der Waals surface area (Å²) in [4.78, 5) is 0. The topological polar surface area (TPSA) is 0 Å². The molecular formula is C3H5SZn-. The summed E-state index contributed by atoms with van der Waals surface area (Å²) in [5, 5.41) is 0. The fourth-order valence-electron chi connectivity index (χ4n) is 0. The number of hydrogen-bond acceptors (Lipinski definition) is 1. The van der Waals surface area contributed by atoms with Crippen molar-refractivity contribution in [1.82, 2.24) is 0 Å². The maximum Gasteiger partial charge on any atom is 0 e. The summed E-state index contributed by atoms with van der Waals surface area (Å²) in [6.45, 7) is 3.38. The Morgan fingerprint density at radius 2 is 2.00 bits per heavy atom. The molecule has 0 nitrogen and oxygen atoms in total. The second-order valence-corrected chi connectivity index (χ2v) is 0.789. The van der Waals surface area contributed by atoms with Gasteiger partial charge in [0.1, 0.15) is 0 Å². The van der Waals surface area contributed by atoms with Gasteiger partial charge in [-0.25, -0.2) is 0 Å². The molecule has 0 fully saturated rings. The van der Waals surface area contributed by atoms with E-state index in [0.717, 1.165) is 0 Å². The predicted molar refractivity (Wildman–Crippen MR) is 22.4 cm³/mol. The zero-order valence-corrected chi connectivity index (χ0v) is 6.89. The molecule has 0 heterocycles. The van der Waals surface area contributed by atoms with Gasteiger partial charge in [-0.1, -0.05) is 0 Å². The Kier molecular flexibility index (Phi) is 16.3. The van der Waals surface area contributed by atoms with Crippen LogP contribution >= 0.6 is 0 Å². The zero-order valence-electron chi connectivity index (χ0n) is 3.11. The summed E-state index contributed by atoms with van der Waals surface area (Å²) >= 11 is 4.44. The Labute approximate surface area is 50.8 Å². The molecule has 0 aromatic heterocycles. The van der Waals surface area contributed by atoms with E-state index >= 15 is 0 Å². The Balaban J connectivity index is 0. The van der Waals surface area contributed by atoms with Gasteiger partial charge in [-0.3, -0.25) is 0 Å². The monoisotopic (exact) mass is 137 g/mol. The van der Waals surface area contributed by atoms with E-state index in [1.165, 1.54) is 0 Å². The van der Waals surface area contributed by atoms with Crippen molar-refractivity contribution in [2.75, 3.05) is 5.75 Å². The predicted octanol–water partition coefficient (Wildman–Crippen LogP) is 0.717. The molecule has 0 radical (unpaired) electrons. The van der Waals surface area contributed by atoms with Crippen molar-refractivity contribution in [2.24, 2.45) is 0 Å². The van der Waals surface area contributed by atoms with Gasteiger partial charge in [0, 0.05) is 19.5 Å². The minimum atomic E-state index is 0. The molecule has 26 valence electrons. The molecule has 5 heavy (non-hydrogen) atoms. The van der Waals surface area contributed by atoms with E-state index in [2.05, 4.69) is 19.2 Å². The molecular weight excluding hydrogens is 133 g/mol. The second-order valence-electron chi connectivity index (χ2n) is 0.455. The van der Waals surface area contributed by atoms with Gasteiger partial charge in [-0.2, -0.15) is 5.75 Å². The molecule has 0 N–H and O–H groups in total. The first-order valence-electron chi connectivity index (χ1n) is 1.11. The normalized spacial score (nSPS) is 5.00. The van der Waals surface area contributed by atoms with Crippen molar-refractivity contribution in [3.8, 4) is 0 Å². The van der Waals surface area contributed by atoms with Crippen LogP contribution in [0.1, 0.15) is 0 Å². The van der Waals surface area contributed by atoms with Gasteiger partial charge in [0.2, 0.25) is 0 Å². The first-order valence-corrected chi connectivity index (χ1v) is 1.68. The number of hydrogen-bond donors (Lipinski definition) is 0. The van der Waals surface area contributed by atoms with Gasteiger partial charge < -0.3 is 12.6 Å². The Morgan fingerprint density at radius 1 is 1.80 bits per heavy atom. The van der Waals surface area contributed by atoms with Crippen LogP contribution in [0.15, 0.2) is 12.7 Å². The molecule has 0 atom stereocenters. The van der Waals surface area contributed by atoms with Crippen LogP contribution in [0.25, 0.3) is 0 Å². The van der Waals surface area contributed by atoms with Crippen molar-refractivity contribution in [3.05, 3.63) is 12.7 Å². The minimum Gasteiger partial charge on any atom is -0.789 e. The molecule has 0 rings (SSSR count). The summed E-state index contributed by atoms with van der Waals surface area (Å²) in [5.74, 6) is 0.667. The fourth-order valence-corrected chi connectivity index (χ4v) is 0. The SMILES string of the molecule is C=CC[S-].[Zn]. The molecule has 0 aliphatic rings. The van der Waals surface area contributed by atoms with Gasteiger partial charge in [-0.05, 0) is 0 Å². The van der Waals surface area contributed by atoms with Crippen molar-refractivity contribution < 1.29 is 19.5 Å². The van der Waals surface area contributed by atoms with E-state index in [4.69, 9.17) is 0 Å². The molecule has 2 heteroatoms. The van der Waals surface area contributed by atoms with E-state index in [-0.39, 0.29) is 19.5 Å². The van der Waals surface area contributed by atoms with Crippen LogP contribution in [0.5, 0.6) is 0 Å². The average Bonchev–Trinajstić information content (AvgIpc) is 1.37. The summed E-state index contributed by atoms with van der Waals surface area (Å²) in [6.07, 6.45) is 1.69. The van der Waals surface area contributed by atoms with Crippen LogP contribution < -0.4 is 0 Å². The summed E-state index contributed by atoms with van der Waals surface area (Å²) in [6, 6.07) is 0. The average molecular weight is 139 g/mol. The quantitative estimate of drug-likeness (QED) is 0.292. The van der Waals surface area contributed by atoms with Crippen molar-refractivity contribution in [1.29, 1.82) is 0 Å². The molecule has 0 saturated carbocycles. The van der Waals surface area contributed by atoms with E-state index < -0.39 is 0 Å². The maximum atomic E-state index is 4.44. The Hall–Kier alpha value is 0.713. The largest absolute Gasteiger partial charge is 0.789 e. The van der Waals surface area contributed by atoms with Gasteiger partial charge in [0.15, 0.2) is 0 Å². The molecule has 0 bridgehead atoms. The summed E-state index contributed by atoms with van der Waals surface area (Å²) < 4.78 is 0. The Bertz CT molecular complexity index is 20.9. The molecule has 0 aliphatic carbocycles. The smallest absolute Gasteiger partial charge is 0 e. The molecule has 0 unspecified atom stereocenters. The van der Waals surface area contributed by atoms with Crippen LogP contribution in [0.2, 0.25) is 0 Å². The first kappa shape index (κ1) is 9.20. The van der Waals surface area contributed by atoms with Crippen molar-refractivity contribution >= 4 is 12.6 Å². The first-order chi connectivity index (χ1) is 1.91. The van der Waals surface area contributed by atoms with Crippen LogP contribution in [-0.4, -0.2) is 5.75 Å². The van der Waals surface area contributed by atoms with Gasteiger partial charge in [0.05, 0.1) is 0 Å². The summed E-state index contributed by atoms with van der Waals surface area (Å²) in [7, 11) is 0. The minimum absolute atomic E-state index is 0. The summed E-state index contributed by atoms with van der Waals surface area (Å²) in [5.41, 5.74) is 0. The Morgan fingerprint density at radius 3 is 2.00 bits per heavy atom. The fraction of sp³-hybridized carbons (Fsp3) is 0.333. The molecule has 0 aromatic carbocycles. The van der Waals surface area contributed by atoms with Crippen LogP contribution in [0, 0.1) is 0 Å². The molecule has 0 aromatic rings. The van der Waals surface area contributed by atoms with Crippen LogP contribution in [0.4, 0.5) is 0 Å². The standard InChI is InChI=1S/C3H6S.Zn/c1-2-3-4;/h2,4H,1,3H2;/p-1. The third kappa shape index (κ3) is 11.8. The molecule has 0 spiro atoms. The van der Waals surface area contributed by atoms with E-state index in [1.54, 1.807) is 6.08 Å². The molecule has 0 saturated heterocycles. The second kappa shape index (κ2) is 8.83. The van der Waals surface area contributed by atoms with Gasteiger partial charge in [0.25, 0.3) is 0 Å². The van der Waals surface area contributed by atoms with E-state index in [1.807, 2.05) is 0 Å². The third-order valence-electron chi connectivity index (χ3n) is 0.118. The van der Waals surface area contributed by atoms with Gasteiger partial charge >= 0.3 is 0 Å². The van der Waals surface area contributed by atoms with Crippen LogP contribution in [-0.2, 0) is 32.1 Å². The maximum absolute atomic E-state index is 4.44. The van der Waals surface area contributed by atoms with Crippen molar-refractivity contribution in [3.63, 3.8) is 0 Å². The van der Waals surface area contributed by atoms with E-state index in [9.17, 15) is 0 Å².